The largest absolute Gasteiger partial charge is 0.462 e. The number of hydrogen-bond acceptors (Lipinski definition) is 7. The zero-order valence-corrected chi connectivity index (χ0v) is 27.9. The number of amides is 1. The Morgan fingerprint density at radius 2 is 0.905 bits per heavy atom. The van der Waals surface area contributed by atoms with E-state index in [4.69, 9.17) is 19.3 Å². The van der Waals surface area contributed by atoms with Crippen LogP contribution < -0.4 is 5.32 Å². The van der Waals surface area contributed by atoms with E-state index in [1.807, 2.05) is 13.8 Å². The minimum absolute atomic E-state index is 0.160. The minimum Gasteiger partial charge on any atom is -0.462 e. The van der Waals surface area contributed by atoms with Gasteiger partial charge >= 0.3 is 18.0 Å². The van der Waals surface area contributed by atoms with E-state index >= 15 is 0 Å². The van der Waals surface area contributed by atoms with Crippen LogP contribution in [-0.2, 0) is 23.8 Å². The lowest BCUT2D eigenvalue weighted by Gasteiger charge is -2.18. The molecule has 1 atom stereocenters. The molecule has 0 bridgehead atoms. The van der Waals surface area contributed by atoms with Crippen molar-refractivity contribution in [1.82, 2.24) is 5.32 Å². The first-order valence-electron chi connectivity index (χ1n) is 17.4. The average molecular weight is 602 g/mol. The first kappa shape index (κ1) is 42.3. The molecule has 0 aromatic heterocycles. The van der Waals surface area contributed by atoms with Crippen molar-refractivity contribution in [2.24, 2.45) is 0 Å². The molecule has 0 aliphatic rings. The zero-order valence-electron chi connectivity index (χ0n) is 27.9. The zero-order chi connectivity index (χ0) is 31.5. The molecule has 1 unspecified atom stereocenters. The third-order valence-electron chi connectivity index (χ3n) is 7.07. The number of rotatable bonds is 29. The Kier molecular flexibility index (Phi) is 35.6. The van der Waals surface area contributed by atoms with Gasteiger partial charge in [-0.15, -0.1) is 0 Å². The molecule has 0 rings (SSSR count). The lowest BCUT2D eigenvalue weighted by molar-refractivity contribution is -0.161. The first-order valence-corrected chi connectivity index (χ1v) is 17.4. The summed E-state index contributed by atoms with van der Waals surface area (Å²) in [6.45, 7) is 7.49. The number of hydrogen-bond donors (Lipinski definition) is 2. The topological polar surface area (TPSA) is 111 Å². The molecule has 0 aliphatic heterocycles. The van der Waals surface area contributed by atoms with Gasteiger partial charge in [-0.25, -0.2) is 4.79 Å². The summed E-state index contributed by atoms with van der Waals surface area (Å²) in [4.78, 5) is 36.0. The fourth-order valence-corrected chi connectivity index (χ4v) is 4.59. The SMILES string of the molecule is CC.CCCCCCCCCCCCCC(=O)OCC(COC(=O)NCO)OC(=O)CCCCCCCCCCCC. The van der Waals surface area contributed by atoms with Crippen LogP contribution in [0.2, 0.25) is 0 Å². The molecule has 0 fully saturated rings. The normalized spacial score (nSPS) is 11.3. The van der Waals surface area contributed by atoms with Crippen molar-refractivity contribution in [2.75, 3.05) is 19.9 Å². The molecule has 0 aliphatic carbocycles. The summed E-state index contributed by atoms with van der Waals surface area (Å²) in [7, 11) is 0. The van der Waals surface area contributed by atoms with Crippen molar-refractivity contribution < 1.29 is 33.7 Å². The fourth-order valence-electron chi connectivity index (χ4n) is 4.59. The maximum atomic E-state index is 12.3. The molecule has 250 valence electrons. The predicted molar refractivity (Wildman–Crippen MR) is 171 cm³/mol. The number of carbonyl (C=O) groups excluding carboxylic acids is 3. The average Bonchev–Trinajstić information content (AvgIpc) is 2.99. The van der Waals surface area contributed by atoms with Crippen molar-refractivity contribution in [2.45, 2.75) is 181 Å². The standard InChI is InChI=1S/C32H61NO7.C2H6/c1-3-5-7-9-11-13-15-17-18-20-22-24-30(35)38-26-29(27-39-32(37)33-28-34)40-31(36)25-23-21-19-16-14-12-10-8-6-4-2;1-2/h29,34H,3-28H2,1-2H3,(H,33,37);1-2H3. The van der Waals surface area contributed by atoms with E-state index < -0.39 is 24.9 Å². The van der Waals surface area contributed by atoms with Gasteiger partial charge in [0.1, 0.15) is 19.9 Å². The molecule has 2 N–H and O–H groups in total. The third-order valence-corrected chi connectivity index (χ3v) is 7.07. The first-order chi connectivity index (χ1) is 20.5. The maximum Gasteiger partial charge on any atom is 0.409 e. The Morgan fingerprint density at radius 1 is 0.548 bits per heavy atom. The van der Waals surface area contributed by atoms with E-state index in [0.717, 1.165) is 38.5 Å². The van der Waals surface area contributed by atoms with Gasteiger partial charge in [0.25, 0.3) is 0 Å². The van der Waals surface area contributed by atoms with Crippen LogP contribution in [0.3, 0.4) is 0 Å². The van der Waals surface area contributed by atoms with Crippen LogP contribution in [0, 0.1) is 0 Å². The van der Waals surface area contributed by atoms with Gasteiger partial charge in [0, 0.05) is 12.8 Å². The highest BCUT2D eigenvalue weighted by molar-refractivity contribution is 5.70. The maximum absolute atomic E-state index is 12.3. The van der Waals surface area contributed by atoms with Crippen LogP contribution in [0.15, 0.2) is 0 Å². The molecular weight excluding hydrogens is 534 g/mol. The second-order valence-corrected chi connectivity index (χ2v) is 10.9. The lowest BCUT2D eigenvalue weighted by Crippen LogP contribution is -2.33. The van der Waals surface area contributed by atoms with Crippen molar-refractivity contribution in [3.8, 4) is 0 Å². The molecule has 0 aromatic carbocycles. The molecule has 0 spiro atoms. The van der Waals surface area contributed by atoms with Gasteiger partial charge in [-0.3, -0.25) is 14.9 Å². The molecule has 0 aromatic rings. The van der Waals surface area contributed by atoms with Gasteiger partial charge in [0.05, 0.1) is 0 Å². The summed E-state index contributed by atoms with van der Waals surface area (Å²) in [5, 5.41) is 10.9. The summed E-state index contributed by atoms with van der Waals surface area (Å²) in [6.07, 6.45) is 23.9. The van der Waals surface area contributed by atoms with E-state index in [0.29, 0.717) is 6.42 Å². The van der Waals surface area contributed by atoms with Gasteiger partial charge in [-0.05, 0) is 12.8 Å². The number of ether oxygens (including phenoxy) is 3. The molecule has 42 heavy (non-hydrogen) atoms. The van der Waals surface area contributed by atoms with Crippen molar-refractivity contribution in [3.05, 3.63) is 0 Å². The number of carbonyl (C=O) groups is 3. The molecule has 0 saturated carbocycles. The lowest BCUT2D eigenvalue weighted by atomic mass is 10.1. The number of nitrogens with one attached hydrogen (secondary N) is 1. The van der Waals surface area contributed by atoms with Crippen LogP contribution in [0.5, 0.6) is 0 Å². The monoisotopic (exact) mass is 601 g/mol. The van der Waals surface area contributed by atoms with Gasteiger partial charge < -0.3 is 19.3 Å². The number of alkyl carbamates (subject to hydrolysis) is 1. The van der Waals surface area contributed by atoms with Crippen LogP contribution in [0.4, 0.5) is 4.79 Å². The molecule has 0 radical (unpaired) electrons. The van der Waals surface area contributed by atoms with Crippen LogP contribution in [0.25, 0.3) is 0 Å². The van der Waals surface area contributed by atoms with E-state index in [1.54, 1.807) is 0 Å². The highest BCUT2D eigenvalue weighted by atomic mass is 16.6. The van der Waals surface area contributed by atoms with Gasteiger partial charge in [-0.2, -0.15) is 0 Å². The van der Waals surface area contributed by atoms with Gasteiger partial charge in [0.15, 0.2) is 6.10 Å². The summed E-state index contributed by atoms with van der Waals surface area (Å²) in [5.74, 6) is -0.733. The number of aliphatic hydroxyl groups excluding tert-OH is 1. The fraction of sp³-hybridized carbons (Fsp3) is 0.912. The highest BCUT2D eigenvalue weighted by Crippen LogP contribution is 2.14. The van der Waals surface area contributed by atoms with Gasteiger partial charge in [-0.1, -0.05) is 150 Å². The molecule has 0 heterocycles. The molecule has 0 saturated heterocycles. The second-order valence-electron chi connectivity index (χ2n) is 10.9. The molecular formula is C34H67NO7. The van der Waals surface area contributed by atoms with Crippen molar-refractivity contribution in [3.63, 3.8) is 0 Å². The Morgan fingerprint density at radius 3 is 1.31 bits per heavy atom. The Balaban J connectivity index is 0. The summed E-state index contributed by atoms with van der Waals surface area (Å²) in [5.41, 5.74) is 0. The van der Waals surface area contributed by atoms with Gasteiger partial charge in [0.2, 0.25) is 0 Å². The summed E-state index contributed by atoms with van der Waals surface area (Å²) in [6, 6.07) is 0. The Bertz CT molecular complexity index is 600. The number of unbranched alkanes of at least 4 members (excludes halogenated alkanes) is 19. The van der Waals surface area contributed by atoms with E-state index in [2.05, 4.69) is 19.2 Å². The van der Waals surface area contributed by atoms with Crippen LogP contribution in [-0.4, -0.2) is 49.2 Å². The minimum atomic E-state index is -0.874. The van der Waals surface area contributed by atoms with Crippen LogP contribution in [0.1, 0.15) is 175 Å². The Hall–Kier alpha value is -1.83. The molecule has 8 nitrogen and oxygen atoms in total. The summed E-state index contributed by atoms with van der Waals surface area (Å²) >= 11 is 0. The second kappa shape index (κ2) is 35.4. The number of aliphatic hydroxyl groups is 1. The van der Waals surface area contributed by atoms with Crippen LogP contribution >= 0.6 is 0 Å². The molecule has 8 heteroatoms. The van der Waals surface area contributed by atoms with Crippen molar-refractivity contribution >= 4 is 18.0 Å². The van der Waals surface area contributed by atoms with E-state index in [9.17, 15) is 14.4 Å². The summed E-state index contributed by atoms with van der Waals surface area (Å²) < 4.78 is 15.7. The van der Waals surface area contributed by atoms with E-state index in [1.165, 1.54) is 96.3 Å². The predicted octanol–water partition coefficient (Wildman–Crippen LogP) is 9.16. The molecule has 1 amide bonds. The quantitative estimate of drug-likeness (QED) is 0.0380. The smallest absolute Gasteiger partial charge is 0.409 e. The highest BCUT2D eigenvalue weighted by Gasteiger charge is 2.19. The number of esters is 2. The Labute approximate surface area is 258 Å². The third kappa shape index (κ3) is 32.7. The van der Waals surface area contributed by atoms with E-state index in [-0.39, 0.29) is 25.6 Å². The van der Waals surface area contributed by atoms with Crippen molar-refractivity contribution in [1.29, 1.82) is 0 Å².